The van der Waals surface area contributed by atoms with Crippen LogP contribution in [0.2, 0.25) is 0 Å². The molecule has 0 heterocycles. The Labute approximate surface area is 185 Å². The number of rotatable bonds is 5. The smallest absolute Gasteiger partial charge is 0.137 e. The summed E-state index contributed by atoms with van der Waals surface area (Å²) in [5, 5.41) is 1.72. The third-order valence-electron chi connectivity index (χ3n) is 5.11. The van der Waals surface area contributed by atoms with E-state index in [-0.39, 0.29) is 17.1 Å². The first-order valence-electron chi connectivity index (χ1n) is 10.5. The van der Waals surface area contributed by atoms with Crippen molar-refractivity contribution in [2.45, 2.75) is 19.8 Å². The molecule has 0 radical (unpaired) electrons. The standard InChI is InChI=1S/C28H21F3O/c1-2-3-14-32-25-17-26(30)28(27(31)18-25)21-9-6-19(7-10-21)4-5-20-8-11-23-16-24(29)13-12-22(23)15-20/h6-13,15-18H,2-3,14H2,1H3. The van der Waals surface area contributed by atoms with Crippen LogP contribution in [0.5, 0.6) is 5.75 Å². The van der Waals surface area contributed by atoms with Crippen molar-refractivity contribution in [2.75, 3.05) is 6.61 Å². The van der Waals surface area contributed by atoms with Crippen LogP contribution in [0.4, 0.5) is 13.2 Å². The summed E-state index contributed by atoms with van der Waals surface area (Å²) in [6.45, 7) is 2.45. The van der Waals surface area contributed by atoms with Gasteiger partial charge in [0.25, 0.3) is 0 Å². The Balaban J connectivity index is 1.53. The fraction of sp³-hybridized carbons (Fsp3) is 0.143. The van der Waals surface area contributed by atoms with Crippen molar-refractivity contribution in [1.82, 2.24) is 0 Å². The monoisotopic (exact) mass is 430 g/mol. The second-order valence-electron chi connectivity index (χ2n) is 7.50. The Hall–Kier alpha value is -3.71. The predicted molar refractivity (Wildman–Crippen MR) is 122 cm³/mol. The molecule has 0 aromatic heterocycles. The molecule has 0 saturated carbocycles. The SMILES string of the molecule is CCCCOc1cc(F)c(-c2ccc(C#Cc3ccc4cc(F)ccc4c3)cc2)c(F)c1. The Morgan fingerprint density at radius 3 is 2.06 bits per heavy atom. The minimum absolute atomic E-state index is 0.0888. The molecule has 4 heteroatoms. The maximum absolute atomic E-state index is 14.6. The molecule has 1 nitrogen and oxygen atoms in total. The van der Waals surface area contributed by atoms with Gasteiger partial charge in [0, 0.05) is 23.3 Å². The summed E-state index contributed by atoms with van der Waals surface area (Å²) in [7, 11) is 0. The lowest BCUT2D eigenvalue weighted by Crippen LogP contribution is -1.99. The number of hydrogen-bond donors (Lipinski definition) is 0. The van der Waals surface area contributed by atoms with Gasteiger partial charge in [-0.05, 0) is 59.2 Å². The normalized spacial score (nSPS) is 10.6. The molecule has 0 bridgehead atoms. The number of unbranched alkanes of at least 4 members (excludes halogenated alkanes) is 1. The predicted octanol–water partition coefficient (Wildman–Crippen LogP) is 7.50. The van der Waals surface area contributed by atoms with Gasteiger partial charge in [0.05, 0.1) is 12.2 Å². The van der Waals surface area contributed by atoms with Crippen LogP contribution in [0.1, 0.15) is 30.9 Å². The van der Waals surface area contributed by atoms with Gasteiger partial charge in [0.1, 0.15) is 23.2 Å². The highest BCUT2D eigenvalue weighted by molar-refractivity contribution is 5.84. The van der Waals surface area contributed by atoms with Crippen molar-refractivity contribution in [3.63, 3.8) is 0 Å². The van der Waals surface area contributed by atoms with Crippen LogP contribution in [0.15, 0.2) is 72.8 Å². The van der Waals surface area contributed by atoms with Gasteiger partial charge in [0.2, 0.25) is 0 Å². The zero-order valence-corrected chi connectivity index (χ0v) is 17.6. The number of benzene rings is 4. The largest absolute Gasteiger partial charge is 0.493 e. The first-order valence-corrected chi connectivity index (χ1v) is 10.5. The van der Waals surface area contributed by atoms with Gasteiger partial charge in [0.15, 0.2) is 0 Å². The van der Waals surface area contributed by atoms with Gasteiger partial charge >= 0.3 is 0 Å². The third kappa shape index (κ3) is 4.95. The van der Waals surface area contributed by atoms with Crippen LogP contribution in [0, 0.1) is 29.3 Å². The summed E-state index contributed by atoms with van der Waals surface area (Å²) < 4.78 is 47.8. The maximum Gasteiger partial charge on any atom is 0.137 e. The summed E-state index contributed by atoms with van der Waals surface area (Å²) in [5.41, 5.74) is 1.85. The van der Waals surface area contributed by atoms with E-state index in [0.29, 0.717) is 17.7 Å². The fourth-order valence-corrected chi connectivity index (χ4v) is 3.40. The van der Waals surface area contributed by atoms with E-state index in [1.807, 2.05) is 25.1 Å². The van der Waals surface area contributed by atoms with E-state index in [9.17, 15) is 13.2 Å². The van der Waals surface area contributed by atoms with Crippen LogP contribution in [0.3, 0.4) is 0 Å². The Morgan fingerprint density at radius 1 is 0.719 bits per heavy atom. The molecular formula is C28H21F3O. The lowest BCUT2D eigenvalue weighted by molar-refractivity contribution is 0.306. The van der Waals surface area contributed by atoms with Crippen molar-refractivity contribution in [1.29, 1.82) is 0 Å². The molecule has 32 heavy (non-hydrogen) atoms. The van der Waals surface area contributed by atoms with E-state index in [1.165, 1.54) is 24.3 Å². The molecule has 4 aromatic rings. The molecule has 0 aliphatic rings. The van der Waals surface area contributed by atoms with Crippen molar-refractivity contribution < 1.29 is 17.9 Å². The van der Waals surface area contributed by atoms with E-state index in [4.69, 9.17) is 4.74 Å². The molecule has 0 saturated heterocycles. The molecule has 0 atom stereocenters. The molecule has 0 spiro atoms. The van der Waals surface area contributed by atoms with E-state index < -0.39 is 11.6 Å². The first kappa shape index (κ1) is 21.5. The molecule has 4 aromatic carbocycles. The van der Waals surface area contributed by atoms with Gasteiger partial charge in [-0.25, -0.2) is 13.2 Å². The number of halogens is 3. The molecule has 4 rings (SSSR count). The van der Waals surface area contributed by atoms with Crippen LogP contribution < -0.4 is 4.74 Å². The van der Waals surface area contributed by atoms with Crippen LogP contribution in [-0.2, 0) is 0 Å². The molecular weight excluding hydrogens is 409 g/mol. The average Bonchev–Trinajstić information content (AvgIpc) is 2.78. The second kappa shape index (κ2) is 9.62. The molecule has 0 aliphatic carbocycles. The van der Waals surface area contributed by atoms with Crippen LogP contribution in [-0.4, -0.2) is 6.61 Å². The van der Waals surface area contributed by atoms with E-state index in [0.717, 1.165) is 29.2 Å². The Kier molecular flexibility index (Phi) is 6.47. The minimum Gasteiger partial charge on any atom is -0.493 e. The summed E-state index contributed by atoms with van der Waals surface area (Å²) >= 11 is 0. The molecule has 0 unspecified atom stereocenters. The van der Waals surface area contributed by atoms with Gasteiger partial charge in [-0.15, -0.1) is 0 Å². The lowest BCUT2D eigenvalue weighted by Gasteiger charge is -2.10. The summed E-state index contributed by atoms with van der Waals surface area (Å²) in [4.78, 5) is 0. The quantitative estimate of drug-likeness (QED) is 0.235. The molecule has 0 fully saturated rings. The molecule has 160 valence electrons. The molecule has 0 aliphatic heterocycles. The van der Waals surface area contributed by atoms with Gasteiger partial charge in [-0.3, -0.25) is 0 Å². The summed E-state index contributed by atoms with van der Waals surface area (Å²) in [5.74, 6) is 4.71. The zero-order valence-electron chi connectivity index (χ0n) is 17.6. The minimum atomic E-state index is -0.664. The van der Waals surface area contributed by atoms with Crippen molar-refractivity contribution >= 4 is 10.8 Å². The second-order valence-corrected chi connectivity index (χ2v) is 7.50. The highest BCUT2D eigenvalue weighted by Gasteiger charge is 2.14. The van der Waals surface area contributed by atoms with Crippen LogP contribution >= 0.6 is 0 Å². The highest BCUT2D eigenvalue weighted by atomic mass is 19.1. The van der Waals surface area contributed by atoms with Crippen LogP contribution in [0.25, 0.3) is 21.9 Å². The number of hydrogen-bond acceptors (Lipinski definition) is 1. The van der Waals surface area contributed by atoms with Gasteiger partial charge < -0.3 is 4.74 Å². The number of ether oxygens (including phenoxy) is 1. The van der Waals surface area contributed by atoms with Gasteiger partial charge in [-0.2, -0.15) is 0 Å². The summed E-state index contributed by atoms with van der Waals surface area (Å²) in [6.07, 6.45) is 1.77. The Morgan fingerprint density at radius 2 is 1.34 bits per heavy atom. The highest BCUT2D eigenvalue weighted by Crippen LogP contribution is 2.30. The van der Waals surface area contributed by atoms with E-state index >= 15 is 0 Å². The lowest BCUT2D eigenvalue weighted by atomic mass is 10.0. The molecule has 0 N–H and O–H groups in total. The number of fused-ring (bicyclic) bond motifs is 1. The first-order chi connectivity index (χ1) is 15.5. The van der Waals surface area contributed by atoms with E-state index in [1.54, 1.807) is 30.3 Å². The summed E-state index contributed by atoms with van der Waals surface area (Å²) in [6, 6.07) is 19.3. The Bertz CT molecular complexity index is 1290. The average molecular weight is 430 g/mol. The fourth-order valence-electron chi connectivity index (χ4n) is 3.40. The zero-order chi connectivity index (χ0) is 22.5. The van der Waals surface area contributed by atoms with E-state index in [2.05, 4.69) is 11.8 Å². The molecule has 0 amide bonds. The maximum atomic E-state index is 14.6. The topological polar surface area (TPSA) is 9.23 Å². The van der Waals surface area contributed by atoms with Gasteiger partial charge in [-0.1, -0.05) is 49.5 Å². The van der Waals surface area contributed by atoms with Crippen molar-refractivity contribution in [3.8, 4) is 28.7 Å². The van der Waals surface area contributed by atoms with Crippen molar-refractivity contribution in [3.05, 3.63) is 101 Å². The third-order valence-corrected chi connectivity index (χ3v) is 5.11. The van der Waals surface area contributed by atoms with Crippen molar-refractivity contribution in [2.24, 2.45) is 0 Å².